The predicted molar refractivity (Wildman–Crippen MR) is 239 cm³/mol. The lowest BCUT2D eigenvalue weighted by Gasteiger charge is -2.15. The molecule has 1 aromatic heterocycles. The van der Waals surface area contributed by atoms with Crippen LogP contribution in [0.5, 0.6) is 0 Å². The van der Waals surface area contributed by atoms with E-state index in [-0.39, 0.29) is 0 Å². The molecular weight excluding hydrogens is 683 g/mol. The molecule has 8 aromatic carbocycles. The Morgan fingerprint density at radius 2 is 0.964 bits per heavy atom. The molecule has 0 fully saturated rings. The second-order valence-corrected chi connectivity index (χ2v) is 13.1. The Morgan fingerprint density at radius 3 is 1.48 bits per heavy atom. The van der Waals surface area contributed by atoms with Crippen molar-refractivity contribution >= 4 is 34.9 Å². The minimum Gasteiger partial charge on any atom is -0.456 e. The number of benzene rings is 8. The Morgan fingerprint density at radius 1 is 0.482 bits per heavy atom. The Balaban J connectivity index is 0.000000259. The number of furan rings is 1. The molecule has 0 amide bonds. The third-order valence-corrected chi connectivity index (χ3v) is 9.46. The molecule has 56 heavy (non-hydrogen) atoms. The monoisotopic (exact) mass is 727 g/mol. The number of hydrogen-bond acceptors (Lipinski definition) is 4. The van der Waals surface area contributed by atoms with E-state index in [9.17, 15) is 0 Å². The molecule has 1 heterocycles. The summed E-state index contributed by atoms with van der Waals surface area (Å²) < 4.78 is 6.06. The first-order valence-electron chi connectivity index (χ1n) is 18.5. The summed E-state index contributed by atoms with van der Waals surface area (Å²) in [5, 5.41) is 15.4. The van der Waals surface area contributed by atoms with E-state index in [1.54, 1.807) is 0 Å². The minimum absolute atomic E-state index is 0.640. The van der Waals surface area contributed by atoms with Gasteiger partial charge in [-0.15, -0.1) is 0 Å². The number of fused-ring (bicyclic) bond motifs is 3. The molecule has 0 saturated heterocycles. The lowest BCUT2D eigenvalue weighted by molar-refractivity contribution is 0.669. The number of rotatable bonds is 6. The smallest absolute Gasteiger partial charge is 0.136 e. The van der Waals surface area contributed by atoms with Gasteiger partial charge in [0.05, 0.1) is 0 Å². The van der Waals surface area contributed by atoms with Crippen molar-refractivity contribution in [2.24, 2.45) is 5.73 Å². The average molecular weight is 728 g/mol. The van der Waals surface area contributed by atoms with Gasteiger partial charge in [0, 0.05) is 29.1 Å². The summed E-state index contributed by atoms with van der Waals surface area (Å²) in [5.74, 6) is 0. The SMILES string of the molecule is C=N.Cc1ccccc1.N=Cc1cccc2oc3ccc(-c4ccc(-c5ccccc5-c5ccccc5-c5ccccc5)cc4)cc3c12.NCc1ccccc1. The van der Waals surface area contributed by atoms with Gasteiger partial charge in [0.15, 0.2) is 0 Å². The summed E-state index contributed by atoms with van der Waals surface area (Å²) in [6.07, 6.45) is 1.39. The summed E-state index contributed by atoms with van der Waals surface area (Å²) in [7, 11) is 0. The molecule has 4 heteroatoms. The fourth-order valence-electron chi connectivity index (χ4n) is 6.70. The molecule has 4 N–H and O–H groups in total. The second kappa shape index (κ2) is 19.3. The first-order valence-corrected chi connectivity index (χ1v) is 18.5. The van der Waals surface area contributed by atoms with Crippen molar-refractivity contribution < 1.29 is 4.42 Å². The normalized spacial score (nSPS) is 10.2. The molecule has 0 aliphatic carbocycles. The number of hydrogen-bond donors (Lipinski definition) is 3. The summed E-state index contributed by atoms with van der Waals surface area (Å²) in [5.41, 5.74) is 19.9. The van der Waals surface area contributed by atoms with E-state index in [0.717, 1.165) is 38.6 Å². The zero-order valence-corrected chi connectivity index (χ0v) is 31.5. The summed E-state index contributed by atoms with van der Waals surface area (Å²) >= 11 is 0. The molecular formula is C52H45N3O. The maximum atomic E-state index is 7.84. The Hall–Kier alpha value is -7.14. The summed E-state index contributed by atoms with van der Waals surface area (Å²) in [6.45, 7) is 5.22. The van der Waals surface area contributed by atoms with Gasteiger partial charge >= 0.3 is 0 Å². The van der Waals surface area contributed by atoms with E-state index in [0.29, 0.717) is 6.54 Å². The van der Waals surface area contributed by atoms with Crippen LogP contribution in [0.3, 0.4) is 0 Å². The summed E-state index contributed by atoms with van der Waals surface area (Å²) in [4.78, 5) is 0. The molecule has 9 aromatic rings. The van der Waals surface area contributed by atoms with Gasteiger partial charge in [0.2, 0.25) is 0 Å². The van der Waals surface area contributed by atoms with E-state index in [2.05, 4.69) is 141 Å². The highest BCUT2D eigenvalue weighted by molar-refractivity contribution is 6.13. The molecule has 0 radical (unpaired) electrons. The highest BCUT2D eigenvalue weighted by Gasteiger charge is 2.14. The Labute approximate surface area is 329 Å². The molecule has 0 unspecified atom stereocenters. The second-order valence-electron chi connectivity index (χ2n) is 13.1. The quantitative estimate of drug-likeness (QED) is 0.149. The highest BCUT2D eigenvalue weighted by Crippen LogP contribution is 2.39. The maximum Gasteiger partial charge on any atom is 0.136 e. The summed E-state index contributed by atoms with van der Waals surface area (Å²) in [6, 6.07) is 69.0. The van der Waals surface area contributed by atoms with Crippen LogP contribution in [0.15, 0.2) is 205 Å². The zero-order valence-electron chi connectivity index (χ0n) is 31.5. The van der Waals surface area contributed by atoms with Gasteiger partial charge in [-0.2, -0.15) is 0 Å². The van der Waals surface area contributed by atoms with E-state index < -0.39 is 0 Å². The number of nitrogens with one attached hydrogen (secondary N) is 2. The number of nitrogens with two attached hydrogens (primary N) is 1. The van der Waals surface area contributed by atoms with Gasteiger partial charge in [-0.1, -0.05) is 188 Å². The molecule has 0 aliphatic heterocycles. The topological polar surface area (TPSA) is 86.9 Å². The highest BCUT2D eigenvalue weighted by atomic mass is 16.3. The first-order chi connectivity index (χ1) is 27.6. The van der Waals surface area contributed by atoms with Gasteiger partial charge in [-0.25, -0.2) is 0 Å². The lowest BCUT2D eigenvalue weighted by Crippen LogP contribution is -1.94. The van der Waals surface area contributed by atoms with Crippen LogP contribution < -0.4 is 5.73 Å². The fourth-order valence-corrected chi connectivity index (χ4v) is 6.70. The van der Waals surface area contributed by atoms with Gasteiger partial charge < -0.3 is 21.0 Å². The third kappa shape index (κ3) is 9.14. The van der Waals surface area contributed by atoms with Crippen molar-refractivity contribution in [2.45, 2.75) is 13.5 Å². The molecule has 0 spiro atoms. The Kier molecular flexibility index (Phi) is 13.3. The van der Waals surface area contributed by atoms with E-state index in [4.69, 9.17) is 21.0 Å². The van der Waals surface area contributed by atoms with Crippen LogP contribution in [0, 0.1) is 17.7 Å². The number of aryl methyl sites for hydroxylation is 1. The largest absolute Gasteiger partial charge is 0.456 e. The van der Waals surface area contributed by atoms with Gasteiger partial charge in [-0.3, -0.25) is 0 Å². The standard InChI is InChI=1S/C37H25NO.C7H9N.C7H8.CH3N/c38-24-29-11-8-16-36-37(29)34-23-28(21-22-35(34)39-36)25-17-19-27(20-18-25)31-13-5-7-15-33(31)32-14-6-4-12-30(32)26-9-2-1-3-10-26;8-6-7-4-2-1-3-5-7;1-7-5-3-2-4-6-7;1-2/h1-24,38H;1-5H,6,8H2;2-6H,1H3;2H,1H2. The molecule has 0 aliphatic rings. The molecule has 0 bridgehead atoms. The van der Waals surface area contributed by atoms with Crippen molar-refractivity contribution in [2.75, 3.05) is 0 Å². The van der Waals surface area contributed by atoms with Gasteiger partial charge in [0.1, 0.15) is 11.2 Å². The van der Waals surface area contributed by atoms with Gasteiger partial charge in [-0.05, 0) is 81.9 Å². The third-order valence-electron chi connectivity index (χ3n) is 9.46. The van der Waals surface area contributed by atoms with Crippen molar-refractivity contribution in [1.29, 1.82) is 10.8 Å². The maximum absolute atomic E-state index is 7.84. The minimum atomic E-state index is 0.640. The first kappa shape index (κ1) is 38.6. The van der Waals surface area contributed by atoms with Crippen LogP contribution >= 0.6 is 0 Å². The van der Waals surface area contributed by atoms with Crippen molar-refractivity contribution in [1.82, 2.24) is 0 Å². The average Bonchev–Trinajstić information content (AvgIpc) is 3.67. The van der Waals surface area contributed by atoms with E-state index in [1.807, 2.05) is 72.8 Å². The Bertz CT molecular complexity index is 2610. The fraction of sp³-hybridized carbons (Fsp3) is 0.0385. The molecule has 9 rings (SSSR count). The van der Waals surface area contributed by atoms with Crippen LogP contribution in [0.2, 0.25) is 0 Å². The molecule has 4 nitrogen and oxygen atoms in total. The van der Waals surface area contributed by atoms with Crippen LogP contribution in [-0.4, -0.2) is 12.9 Å². The van der Waals surface area contributed by atoms with Crippen LogP contribution in [0.4, 0.5) is 0 Å². The van der Waals surface area contributed by atoms with E-state index in [1.165, 1.54) is 50.7 Å². The zero-order chi connectivity index (χ0) is 39.1. The van der Waals surface area contributed by atoms with Crippen molar-refractivity contribution in [3.8, 4) is 44.5 Å². The van der Waals surface area contributed by atoms with Crippen molar-refractivity contribution in [3.63, 3.8) is 0 Å². The predicted octanol–water partition coefficient (Wildman–Crippen LogP) is 13.7. The lowest BCUT2D eigenvalue weighted by atomic mass is 9.89. The van der Waals surface area contributed by atoms with Crippen LogP contribution in [-0.2, 0) is 6.54 Å². The molecule has 0 saturated carbocycles. The molecule has 274 valence electrons. The molecule has 0 atom stereocenters. The van der Waals surface area contributed by atoms with Crippen LogP contribution in [0.1, 0.15) is 16.7 Å². The van der Waals surface area contributed by atoms with E-state index >= 15 is 0 Å². The van der Waals surface area contributed by atoms with Crippen LogP contribution in [0.25, 0.3) is 66.4 Å². The van der Waals surface area contributed by atoms with Gasteiger partial charge in [0.25, 0.3) is 0 Å². The van der Waals surface area contributed by atoms with Crippen molar-refractivity contribution in [3.05, 3.63) is 217 Å².